The zero-order valence-electron chi connectivity index (χ0n) is 18.3. The number of hydrogen-bond acceptors (Lipinski definition) is 11. The summed E-state index contributed by atoms with van der Waals surface area (Å²) in [6.45, 7) is 15.2. The van der Waals surface area contributed by atoms with E-state index < -0.39 is 30.5 Å². The molecule has 11 nitrogen and oxygen atoms in total. The van der Waals surface area contributed by atoms with Crippen LogP contribution in [0.2, 0.25) is 0 Å². The topological polar surface area (TPSA) is 152 Å². The van der Waals surface area contributed by atoms with Gasteiger partial charge >= 0.3 is 18.3 Å². The van der Waals surface area contributed by atoms with Crippen molar-refractivity contribution in [3.05, 3.63) is 36.5 Å². The highest BCUT2D eigenvalue weighted by molar-refractivity contribution is 6.12. The number of aliphatic hydroxyl groups excluding tert-OH is 1. The van der Waals surface area contributed by atoms with Crippen LogP contribution in [-0.2, 0) is 38.1 Å². The Hall–Kier alpha value is -3.47. The fraction of sp³-hybridized carbons (Fsp3) is 0.476. The van der Waals surface area contributed by atoms with Crippen molar-refractivity contribution in [3.63, 3.8) is 0 Å². The van der Waals surface area contributed by atoms with Gasteiger partial charge in [0.2, 0.25) is 0 Å². The third kappa shape index (κ3) is 12.3. The molecule has 2 aliphatic rings. The molecule has 2 heterocycles. The summed E-state index contributed by atoms with van der Waals surface area (Å²) in [6, 6.07) is 0. The third-order valence-corrected chi connectivity index (χ3v) is 3.53. The predicted molar refractivity (Wildman–Crippen MR) is 110 cm³/mol. The van der Waals surface area contributed by atoms with Crippen LogP contribution in [0.5, 0.6) is 0 Å². The molecule has 32 heavy (non-hydrogen) atoms. The first-order chi connectivity index (χ1) is 14.9. The normalized spacial score (nSPS) is 18.1. The number of Topliss-reactive ketones (excluding diaryl/α,β-unsaturated/α-hetero) is 2. The maximum atomic E-state index is 10.9. The van der Waals surface area contributed by atoms with Gasteiger partial charge in [0.05, 0.1) is 13.0 Å². The summed E-state index contributed by atoms with van der Waals surface area (Å²) in [7, 11) is 0. The van der Waals surface area contributed by atoms with Crippen LogP contribution >= 0.6 is 0 Å². The average molecular weight is 456 g/mol. The van der Waals surface area contributed by atoms with Crippen LogP contribution in [-0.4, -0.2) is 73.6 Å². The van der Waals surface area contributed by atoms with Gasteiger partial charge in [0.25, 0.3) is 0 Å². The molecule has 0 aliphatic carbocycles. The Labute approximate surface area is 185 Å². The Morgan fingerprint density at radius 3 is 1.59 bits per heavy atom. The average Bonchev–Trinajstić information content (AvgIpc) is 3.34. The van der Waals surface area contributed by atoms with Crippen molar-refractivity contribution >= 4 is 29.8 Å². The molecule has 2 aliphatic heterocycles. The lowest BCUT2D eigenvalue weighted by Crippen LogP contribution is -2.20. The zero-order chi connectivity index (χ0) is 24.8. The number of hydrogen-bond donors (Lipinski definition) is 1. The van der Waals surface area contributed by atoms with Crippen molar-refractivity contribution in [1.29, 1.82) is 0 Å². The molecule has 0 spiro atoms. The van der Waals surface area contributed by atoms with Gasteiger partial charge in [0.15, 0.2) is 23.8 Å². The van der Waals surface area contributed by atoms with Gasteiger partial charge in [-0.15, -0.1) is 0 Å². The molecule has 0 aromatic rings. The highest BCUT2D eigenvalue weighted by Crippen LogP contribution is 2.07. The van der Waals surface area contributed by atoms with Crippen LogP contribution in [0, 0.1) is 0 Å². The van der Waals surface area contributed by atoms with Gasteiger partial charge in [0, 0.05) is 5.57 Å². The van der Waals surface area contributed by atoms with E-state index in [2.05, 4.69) is 38.7 Å². The lowest BCUT2D eigenvalue weighted by atomic mass is 10.1. The van der Waals surface area contributed by atoms with Gasteiger partial charge in [-0.2, -0.15) is 0 Å². The van der Waals surface area contributed by atoms with Gasteiger partial charge < -0.3 is 28.8 Å². The Balaban J connectivity index is 0.000000463. The Morgan fingerprint density at radius 1 is 0.875 bits per heavy atom. The predicted octanol–water partition coefficient (Wildman–Crippen LogP) is 1.82. The van der Waals surface area contributed by atoms with E-state index >= 15 is 0 Å². The molecule has 2 atom stereocenters. The number of esters is 1. The molecule has 2 fully saturated rings. The van der Waals surface area contributed by atoms with Gasteiger partial charge in [-0.3, -0.25) is 9.59 Å². The van der Waals surface area contributed by atoms with E-state index in [9.17, 15) is 24.0 Å². The summed E-state index contributed by atoms with van der Waals surface area (Å²) in [6.07, 6.45) is -2.44. The maximum Gasteiger partial charge on any atom is 0.508 e. The van der Waals surface area contributed by atoms with Gasteiger partial charge in [-0.1, -0.05) is 19.7 Å². The van der Waals surface area contributed by atoms with Crippen molar-refractivity contribution < 1.29 is 52.8 Å². The molecular formula is C21H28O11. The number of ketones is 2. The molecule has 0 radical (unpaired) electrons. The zero-order valence-corrected chi connectivity index (χ0v) is 18.3. The van der Waals surface area contributed by atoms with E-state index in [4.69, 9.17) is 9.84 Å². The molecule has 2 rings (SSSR count). The maximum absolute atomic E-state index is 10.9. The number of carbonyl (C=O) groups excluding carboxylic acids is 5. The number of ether oxygens (including phenoxy) is 5. The van der Waals surface area contributed by atoms with Gasteiger partial charge in [0.1, 0.15) is 19.8 Å². The van der Waals surface area contributed by atoms with Crippen molar-refractivity contribution in [2.24, 2.45) is 0 Å². The summed E-state index contributed by atoms with van der Waals surface area (Å²) < 4.78 is 22.6. The van der Waals surface area contributed by atoms with E-state index in [1.807, 2.05) is 0 Å². The molecule has 11 heteroatoms. The molecule has 1 N–H and O–H groups in total. The molecule has 178 valence electrons. The van der Waals surface area contributed by atoms with Crippen molar-refractivity contribution in [2.75, 3.05) is 26.4 Å². The highest BCUT2D eigenvalue weighted by Gasteiger charge is 2.26. The molecule has 0 aromatic heterocycles. The SMILES string of the molecule is C=C(C)C(=O)CC(=O)C(=C)C.C=C(C)C(=O)OCC1COC(=O)O1.O=C1OCC(CO)O1. The van der Waals surface area contributed by atoms with Gasteiger partial charge in [-0.05, 0) is 31.9 Å². The minimum absolute atomic E-state index is 0.0113. The second kappa shape index (κ2) is 14.5. The summed E-state index contributed by atoms with van der Waals surface area (Å²) in [5.41, 5.74) is 1.14. The first-order valence-electron chi connectivity index (χ1n) is 9.35. The first kappa shape index (κ1) is 28.5. The largest absolute Gasteiger partial charge is 0.508 e. The minimum atomic E-state index is -0.726. The molecule has 2 unspecified atom stereocenters. The fourth-order valence-corrected chi connectivity index (χ4v) is 1.64. The molecular weight excluding hydrogens is 428 g/mol. The first-order valence-corrected chi connectivity index (χ1v) is 9.35. The molecule has 2 saturated heterocycles. The van der Waals surface area contributed by atoms with Crippen LogP contribution in [0.1, 0.15) is 27.2 Å². The molecule has 0 saturated carbocycles. The third-order valence-electron chi connectivity index (χ3n) is 3.53. The summed E-state index contributed by atoms with van der Waals surface area (Å²) >= 11 is 0. The Bertz CT molecular complexity index is 742. The van der Waals surface area contributed by atoms with E-state index in [-0.39, 0.29) is 44.4 Å². The smallest absolute Gasteiger partial charge is 0.458 e. The fourth-order valence-electron chi connectivity index (χ4n) is 1.64. The van der Waals surface area contributed by atoms with Crippen LogP contribution in [0.15, 0.2) is 36.5 Å². The van der Waals surface area contributed by atoms with E-state index in [0.29, 0.717) is 16.7 Å². The lowest BCUT2D eigenvalue weighted by molar-refractivity contribution is -0.141. The van der Waals surface area contributed by atoms with Crippen molar-refractivity contribution in [3.8, 4) is 0 Å². The number of cyclic esters (lactones) is 4. The van der Waals surface area contributed by atoms with Crippen LogP contribution < -0.4 is 0 Å². The molecule has 0 amide bonds. The Morgan fingerprint density at radius 2 is 1.31 bits per heavy atom. The van der Waals surface area contributed by atoms with Crippen LogP contribution in [0.4, 0.5) is 9.59 Å². The number of aliphatic hydroxyl groups is 1. The van der Waals surface area contributed by atoms with E-state index in [0.717, 1.165) is 0 Å². The lowest BCUT2D eigenvalue weighted by Gasteiger charge is -2.06. The van der Waals surface area contributed by atoms with E-state index in [1.165, 1.54) is 0 Å². The standard InChI is InChI=1S/C9H12O2.C8H10O5.C4H6O4/c1-6(2)8(10)5-9(11)7(3)4;1-5(2)7(9)11-3-6-4-12-8(10)13-6;5-1-3-2-7-4(6)8-3/h1,3,5H2,2,4H3;6H,1,3-4H2,2H3;3,5H,1-2H2. The summed E-state index contributed by atoms with van der Waals surface area (Å²) in [5.74, 6) is -0.918. The molecule has 0 aromatic carbocycles. The summed E-state index contributed by atoms with van der Waals surface area (Å²) in [4.78, 5) is 53.2. The van der Waals surface area contributed by atoms with Crippen LogP contribution in [0.25, 0.3) is 0 Å². The highest BCUT2D eigenvalue weighted by atomic mass is 16.8. The number of carbonyl (C=O) groups is 5. The quantitative estimate of drug-likeness (QED) is 0.246. The monoisotopic (exact) mass is 456 g/mol. The van der Waals surface area contributed by atoms with Crippen molar-refractivity contribution in [1.82, 2.24) is 0 Å². The molecule has 0 bridgehead atoms. The van der Waals surface area contributed by atoms with Crippen molar-refractivity contribution in [2.45, 2.75) is 39.4 Å². The number of rotatable bonds is 8. The van der Waals surface area contributed by atoms with Crippen LogP contribution in [0.3, 0.4) is 0 Å². The summed E-state index contributed by atoms with van der Waals surface area (Å²) in [5, 5.41) is 8.33. The minimum Gasteiger partial charge on any atom is -0.458 e. The second-order valence-electron chi connectivity index (χ2n) is 6.75. The van der Waals surface area contributed by atoms with Gasteiger partial charge in [-0.25, -0.2) is 14.4 Å². The Kier molecular flexibility index (Phi) is 12.9. The van der Waals surface area contributed by atoms with E-state index in [1.54, 1.807) is 20.8 Å². The number of allylic oxidation sites excluding steroid dienone is 2. The second-order valence-corrected chi connectivity index (χ2v) is 6.75.